The van der Waals surface area contributed by atoms with Crippen LogP contribution in [0.3, 0.4) is 0 Å². The first-order valence-corrected chi connectivity index (χ1v) is 9.71. The summed E-state index contributed by atoms with van der Waals surface area (Å²) in [4.78, 5) is 0. The predicted molar refractivity (Wildman–Crippen MR) is 74.4 cm³/mol. The van der Waals surface area contributed by atoms with Gasteiger partial charge in [0.25, 0.3) is 0 Å². The van der Waals surface area contributed by atoms with Crippen LogP contribution < -0.4 is 0 Å². The first-order chi connectivity index (χ1) is 7.27. The number of hydrogen-bond donors (Lipinski definition) is 1. The van der Waals surface area contributed by atoms with Gasteiger partial charge in [-0.1, -0.05) is 46.4 Å². The molecule has 0 saturated carbocycles. The van der Waals surface area contributed by atoms with E-state index in [0.29, 0.717) is 0 Å². The van der Waals surface area contributed by atoms with Gasteiger partial charge in [-0.3, -0.25) is 0 Å². The number of hydrogen-bond acceptors (Lipinski definition) is 1. The lowest BCUT2D eigenvalue weighted by Gasteiger charge is -2.41. The maximum Gasteiger partial charge on any atom is 0.0917 e. The number of allylic oxidation sites excluding steroid dienone is 1. The van der Waals surface area contributed by atoms with E-state index in [1.54, 1.807) is 0 Å². The molecule has 1 aliphatic rings. The van der Waals surface area contributed by atoms with Gasteiger partial charge in [0, 0.05) is 0 Å². The lowest BCUT2D eigenvalue weighted by molar-refractivity contribution is 0.267. The Bertz CT molecular complexity index is 260. The molecule has 0 fully saturated rings. The molecule has 1 rings (SSSR count). The van der Waals surface area contributed by atoms with Gasteiger partial charge in [0.2, 0.25) is 0 Å². The Hall–Kier alpha value is -0.0831. The van der Waals surface area contributed by atoms with Crippen molar-refractivity contribution in [1.82, 2.24) is 0 Å². The summed E-state index contributed by atoms with van der Waals surface area (Å²) in [5.41, 5.74) is 1.19. The topological polar surface area (TPSA) is 20.2 Å². The van der Waals surface area contributed by atoms with Crippen LogP contribution in [-0.2, 0) is 0 Å². The second-order valence-corrected chi connectivity index (χ2v) is 12.2. The average molecular weight is 240 g/mol. The summed E-state index contributed by atoms with van der Waals surface area (Å²) in [6.07, 6.45) is 8.49. The van der Waals surface area contributed by atoms with Crippen molar-refractivity contribution < 1.29 is 5.11 Å². The smallest absolute Gasteiger partial charge is 0.0917 e. The SMILES string of the molecule is CC(C)(C)[Si](C)(C)[C@H](O)C1=CCCCCC1. The zero-order valence-electron chi connectivity index (χ0n) is 11.6. The van der Waals surface area contributed by atoms with Crippen molar-refractivity contribution in [3.8, 4) is 0 Å². The first kappa shape index (κ1) is 14.0. The molecular weight excluding hydrogens is 212 g/mol. The quantitative estimate of drug-likeness (QED) is 0.564. The molecule has 1 atom stereocenters. The van der Waals surface area contributed by atoms with Gasteiger partial charge in [0.1, 0.15) is 0 Å². The molecule has 16 heavy (non-hydrogen) atoms. The largest absolute Gasteiger partial charge is 0.392 e. The molecule has 0 unspecified atom stereocenters. The highest BCUT2D eigenvalue weighted by Gasteiger charge is 2.42. The van der Waals surface area contributed by atoms with Crippen molar-refractivity contribution in [2.45, 2.75) is 76.7 Å². The van der Waals surface area contributed by atoms with Crippen LogP contribution in [0.1, 0.15) is 52.9 Å². The molecule has 0 aliphatic heterocycles. The maximum absolute atomic E-state index is 10.7. The highest BCUT2D eigenvalue weighted by atomic mass is 28.3. The standard InChI is InChI=1S/C14H28OSi/c1-14(2,3)16(4,5)13(15)12-10-8-6-7-9-11-12/h10,13,15H,6-9,11H2,1-5H3/t13-/m0/s1. The summed E-state index contributed by atoms with van der Waals surface area (Å²) in [6, 6.07) is 0. The van der Waals surface area contributed by atoms with E-state index in [4.69, 9.17) is 0 Å². The molecule has 0 heterocycles. The van der Waals surface area contributed by atoms with E-state index in [1.165, 1.54) is 31.3 Å². The molecule has 0 amide bonds. The van der Waals surface area contributed by atoms with Gasteiger partial charge < -0.3 is 5.11 Å². The third kappa shape index (κ3) is 2.98. The Morgan fingerprint density at radius 3 is 2.38 bits per heavy atom. The van der Waals surface area contributed by atoms with E-state index >= 15 is 0 Å². The van der Waals surface area contributed by atoms with E-state index in [0.717, 1.165) is 6.42 Å². The van der Waals surface area contributed by atoms with Crippen LogP contribution in [0.5, 0.6) is 0 Å². The Balaban J connectivity index is 2.83. The first-order valence-electron chi connectivity index (χ1n) is 6.64. The third-order valence-electron chi connectivity index (χ3n) is 4.54. The van der Waals surface area contributed by atoms with Gasteiger partial charge in [-0.25, -0.2) is 0 Å². The van der Waals surface area contributed by atoms with Crippen LogP contribution >= 0.6 is 0 Å². The maximum atomic E-state index is 10.7. The van der Waals surface area contributed by atoms with Crippen molar-refractivity contribution in [1.29, 1.82) is 0 Å². The Morgan fingerprint density at radius 1 is 1.19 bits per heavy atom. The Kier molecular flexibility index (Phi) is 4.41. The van der Waals surface area contributed by atoms with E-state index in [2.05, 4.69) is 39.9 Å². The molecule has 2 heteroatoms. The molecule has 0 radical (unpaired) electrons. The number of rotatable bonds is 2. The van der Waals surface area contributed by atoms with E-state index < -0.39 is 8.07 Å². The number of aliphatic hydroxyl groups excluding tert-OH is 1. The highest BCUT2D eigenvalue weighted by molar-refractivity contribution is 6.81. The molecule has 1 N–H and O–H groups in total. The third-order valence-corrected chi connectivity index (χ3v) is 10.1. The van der Waals surface area contributed by atoms with Gasteiger partial charge in [-0.05, 0) is 36.3 Å². The van der Waals surface area contributed by atoms with Crippen LogP contribution in [0.15, 0.2) is 11.6 Å². The monoisotopic (exact) mass is 240 g/mol. The Labute approximate surface area is 102 Å². The fourth-order valence-corrected chi connectivity index (χ4v) is 4.17. The van der Waals surface area contributed by atoms with Crippen molar-refractivity contribution in [3.63, 3.8) is 0 Å². The minimum atomic E-state index is -1.63. The molecular formula is C14H28OSi. The fourth-order valence-electron chi connectivity index (χ4n) is 2.16. The van der Waals surface area contributed by atoms with E-state index in [-0.39, 0.29) is 10.8 Å². The van der Waals surface area contributed by atoms with Gasteiger partial charge in [0.05, 0.1) is 13.8 Å². The lowest BCUT2D eigenvalue weighted by atomic mass is 10.1. The second kappa shape index (κ2) is 5.05. The number of aliphatic hydroxyl groups is 1. The summed E-state index contributed by atoms with van der Waals surface area (Å²) in [6.45, 7) is 11.5. The molecule has 0 spiro atoms. The molecule has 0 aromatic carbocycles. The molecule has 1 aliphatic carbocycles. The average Bonchev–Trinajstić information content (AvgIpc) is 2.42. The summed E-state index contributed by atoms with van der Waals surface area (Å²) in [5, 5.41) is 10.9. The highest BCUT2D eigenvalue weighted by Crippen LogP contribution is 2.41. The van der Waals surface area contributed by atoms with Crippen LogP contribution in [0.2, 0.25) is 18.1 Å². The predicted octanol–water partition coefficient (Wildman–Crippen LogP) is 4.29. The van der Waals surface area contributed by atoms with Crippen LogP contribution in [0, 0.1) is 0 Å². The molecule has 0 saturated heterocycles. The minimum Gasteiger partial charge on any atom is -0.392 e. The van der Waals surface area contributed by atoms with Gasteiger partial charge in [-0.15, -0.1) is 0 Å². The molecule has 94 valence electrons. The summed E-state index contributed by atoms with van der Waals surface area (Å²) >= 11 is 0. The van der Waals surface area contributed by atoms with E-state index in [9.17, 15) is 5.11 Å². The normalized spacial score (nSPS) is 21.2. The lowest BCUT2D eigenvalue weighted by Crippen LogP contribution is -2.50. The molecule has 0 aromatic heterocycles. The minimum absolute atomic E-state index is 0.148. The van der Waals surface area contributed by atoms with Gasteiger partial charge >= 0.3 is 0 Å². The zero-order chi connectivity index (χ0) is 12.4. The van der Waals surface area contributed by atoms with Crippen molar-refractivity contribution in [3.05, 3.63) is 11.6 Å². The van der Waals surface area contributed by atoms with Crippen LogP contribution in [0.4, 0.5) is 0 Å². The second-order valence-electron chi connectivity index (χ2n) is 6.75. The van der Waals surface area contributed by atoms with Gasteiger partial charge in [0.15, 0.2) is 0 Å². The summed E-state index contributed by atoms with van der Waals surface area (Å²) in [7, 11) is -1.63. The van der Waals surface area contributed by atoms with Gasteiger partial charge in [-0.2, -0.15) is 0 Å². The van der Waals surface area contributed by atoms with Crippen LogP contribution in [-0.4, -0.2) is 18.9 Å². The van der Waals surface area contributed by atoms with Crippen molar-refractivity contribution in [2.24, 2.45) is 0 Å². The van der Waals surface area contributed by atoms with Crippen molar-refractivity contribution in [2.75, 3.05) is 0 Å². The summed E-state index contributed by atoms with van der Waals surface area (Å²) in [5.74, 6) is 0. The molecule has 0 aromatic rings. The fraction of sp³-hybridized carbons (Fsp3) is 0.857. The van der Waals surface area contributed by atoms with E-state index in [1.807, 2.05) is 0 Å². The summed E-state index contributed by atoms with van der Waals surface area (Å²) < 4.78 is 0. The molecule has 0 bridgehead atoms. The Morgan fingerprint density at radius 2 is 1.81 bits per heavy atom. The van der Waals surface area contributed by atoms with Crippen LogP contribution in [0.25, 0.3) is 0 Å². The van der Waals surface area contributed by atoms with Crippen molar-refractivity contribution >= 4 is 8.07 Å². The molecule has 1 nitrogen and oxygen atoms in total. The zero-order valence-corrected chi connectivity index (χ0v) is 12.6.